The smallest absolute Gasteiger partial charge is 0.311 e. The molecule has 1 atom stereocenters. The lowest BCUT2D eigenvalue weighted by Crippen LogP contribution is -2.14. The highest BCUT2D eigenvalue weighted by atomic mass is 127. The van der Waals surface area contributed by atoms with Crippen molar-refractivity contribution in [3.05, 3.63) is 69.3 Å². The summed E-state index contributed by atoms with van der Waals surface area (Å²) in [6.07, 6.45) is 0.524. The molecule has 0 fully saturated rings. The van der Waals surface area contributed by atoms with Crippen molar-refractivity contribution in [1.29, 1.82) is 0 Å². The number of carboxylic acid groups (broad SMARTS) is 1. The molecule has 0 aliphatic rings. The van der Waals surface area contributed by atoms with E-state index < -0.39 is 11.9 Å². The maximum absolute atomic E-state index is 11.4. The van der Waals surface area contributed by atoms with Crippen LogP contribution in [0.15, 0.2) is 54.6 Å². The quantitative estimate of drug-likeness (QED) is 0.852. The fraction of sp³-hybridized carbons (Fsp3) is 0.133. The lowest BCUT2D eigenvalue weighted by atomic mass is 9.92. The minimum absolute atomic E-state index is 0.480. The molecule has 92 valence electrons. The summed E-state index contributed by atoms with van der Waals surface area (Å²) in [5.74, 6) is -1.26. The molecular weight excluding hydrogens is 339 g/mol. The largest absolute Gasteiger partial charge is 0.481 e. The minimum atomic E-state index is -0.778. The first-order valence-corrected chi connectivity index (χ1v) is 6.77. The molecule has 0 amide bonds. The average molecular weight is 352 g/mol. The predicted octanol–water partition coefficient (Wildman–Crippen LogP) is 3.70. The van der Waals surface area contributed by atoms with E-state index in [4.69, 9.17) is 0 Å². The van der Waals surface area contributed by atoms with Gasteiger partial charge in [0.2, 0.25) is 0 Å². The van der Waals surface area contributed by atoms with E-state index in [-0.39, 0.29) is 0 Å². The van der Waals surface area contributed by atoms with Crippen LogP contribution in [-0.4, -0.2) is 11.1 Å². The van der Waals surface area contributed by atoms with E-state index in [0.717, 1.165) is 14.7 Å². The molecule has 2 aromatic rings. The first kappa shape index (κ1) is 13.1. The Morgan fingerprint density at radius 2 is 1.67 bits per heavy atom. The zero-order chi connectivity index (χ0) is 13.0. The Labute approximate surface area is 120 Å². The van der Waals surface area contributed by atoms with Gasteiger partial charge in [0.05, 0.1) is 5.92 Å². The maximum Gasteiger partial charge on any atom is 0.311 e. The van der Waals surface area contributed by atoms with Crippen molar-refractivity contribution in [3.63, 3.8) is 0 Å². The van der Waals surface area contributed by atoms with E-state index in [1.165, 1.54) is 0 Å². The van der Waals surface area contributed by atoms with E-state index >= 15 is 0 Å². The summed E-state index contributed by atoms with van der Waals surface area (Å²) in [6.45, 7) is 0. The van der Waals surface area contributed by atoms with Gasteiger partial charge >= 0.3 is 5.97 Å². The molecule has 2 rings (SSSR count). The van der Waals surface area contributed by atoms with Crippen molar-refractivity contribution in [3.8, 4) is 0 Å². The van der Waals surface area contributed by atoms with E-state index in [0.29, 0.717) is 6.42 Å². The Kier molecular flexibility index (Phi) is 4.36. The molecule has 1 N–H and O–H groups in total. The van der Waals surface area contributed by atoms with Crippen LogP contribution in [0.5, 0.6) is 0 Å². The van der Waals surface area contributed by atoms with Gasteiger partial charge in [-0.2, -0.15) is 0 Å². The van der Waals surface area contributed by atoms with Gasteiger partial charge in [-0.15, -0.1) is 0 Å². The second-order valence-electron chi connectivity index (χ2n) is 4.13. The van der Waals surface area contributed by atoms with E-state index in [1.807, 2.05) is 54.6 Å². The molecule has 0 aliphatic heterocycles. The Hall–Kier alpha value is -1.36. The topological polar surface area (TPSA) is 37.3 Å². The highest BCUT2D eigenvalue weighted by Gasteiger charge is 2.19. The fourth-order valence-electron chi connectivity index (χ4n) is 1.89. The van der Waals surface area contributed by atoms with Crippen LogP contribution in [0.1, 0.15) is 17.0 Å². The highest BCUT2D eigenvalue weighted by Crippen LogP contribution is 2.21. The van der Waals surface area contributed by atoms with E-state index in [2.05, 4.69) is 22.6 Å². The Bertz CT molecular complexity index is 520. The monoisotopic (exact) mass is 352 g/mol. The fourth-order valence-corrected chi connectivity index (χ4v) is 2.25. The number of hydrogen-bond acceptors (Lipinski definition) is 1. The molecule has 0 radical (unpaired) electrons. The van der Waals surface area contributed by atoms with E-state index in [9.17, 15) is 9.90 Å². The minimum Gasteiger partial charge on any atom is -0.481 e. The van der Waals surface area contributed by atoms with Crippen LogP contribution in [-0.2, 0) is 11.2 Å². The Morgan fingerprint density at radius 3 is 2.22 bits per heavy atom. The third kappa shape index (κ3) is 3.32. The van der Waals surface area contributed by atoms with Crippen LogP contribution in [0.4, 0.5) is 0 Å². The van der Waals surface area contributed by atoms with Gasteiger partial charge in [-0.25, -0.2) is 0 Å². The number of carboxylic acids is 1. The third-order valence-electron chi connectivity index (χ3n) is 2.85. The van der Waals surface area contributed by atoms with Crippen LogP contribution < -0.4 is 0 Å². The van der Waals surface area contributed by atoms with Gasteiger partial charge in [0, 0.05) is 3.57 Å². The number of aliphatic carboxylic acids is 1. The number of benzene rings is 2. The molecule has 0 heterocycles. The van der Waals surface area contributed by atoms with Gasteiger partial charge in [-0.05, 0) is 52.3 Å². The average Bonchev–Trinajstić information content (AvgIpc) is 2.38. The summed E-state index contributed by atoms with van der Waals surface area (Å²) in [5.41, 5.74) is 1.90. The number of halogens is 1. The molecule has 1 unspecified atom stereocenters. The molecule has 0 saturated carbocycles. The second-order valence-corrected chi connectivity index (χ2v) is 5.38. The molecule has 2 nitrogen and oxygen atoms in total. The van der Waals surface area contributed by atoms with Gasteiger partial charge in [0.1, 0.15) is 0 Å². The summed E-state index contributed by atoms with van der Waals surface area (Å²) < 4.78 is 1.16. The van der Waals surface area contributed by atoms with Gasteiger partial charge in [0.15, 0.2) is 0 Å². The van der Waals surface area contributed by atoms with Crippen molar-refractivity contribution in [1.82, 2.24) is 0 Å². The zero-order valence-electron chi connectivity index (χ0n) is 9.71. The molecule has 3 heteroatoms. The van der Waals surface area contributed by atoms with Crippen LogP contribution >= 0.6 is 22.6 Å². The predicted molar refractivity (Wildman–Crippen MR) is 79.7 cm³/mol. The summed E-state index contributed by atoms with van der Waals surface area (Å²) in [5, 5.41) is 9.34. The molecular formula is C15H13IO2. The van der Waals surface area contributed by atoms with Crippen LogP contribution in [0.3, 0.4) is 0 Å². The van der Waals surface area contributed by atoms with Gasteiger partial charge in [-0.1, -0.05) is 42.5 Å². The molecule has 0 bridgehead atoms. The van der Waals surface area contributed by atoms with Crippen LogP contribution in [0.25, 0.3) is 0 Å². The first-order valence-electron chi connectivity index (χ1n) is 5.69. The maximum atomic E-state index is 11.4. The molecule has 0 saturated heterocycles. The van der Waals surface area contributed by atoms with Crippen LogP contribution in [0, 0.1) is 3.57 Å². The third-order valence-corrected chi connectivity index (χ3v) is 3.57. The molecule has 2 aromatic carbocycles. The molecule has 18 heavy (non-hydrogen) atoms. The van der Waals surface area contributed by atoms with Gasteiger partial charge in [0.25, 0.3) is 0 Å². The second kappa shape index (κ2) is 6.00. The van der Waals surface area contributed by atoms with Gasteiger partial charge in [-0.3, -0.25) is 4.79 Å². The lowest BCUT2D eigenvalue weighted by molar-refractivity contribution is -0.138. The summed E-state index contributed by atoms with van der Waals surface area (Å²) in [6, 6.07) is 17.4. The highest BCUT2D eigenvalue weighted by molar-refractivity contribution is 14.1. The Balaban J connectivity index is 2.22. The molecule has 0 aromatic heterocycles. The van der Waals surface area contributed by atoms with Crippen LogP contribution in [0.2, 0.25) is 0 Å². The number of hydrogen-bond donors (Lipinski definition) is 1. The standard InChI is InChI=1S/C15H13IO2/c16-13-8-6-11(7-9-13)10-14(15(17)18)12-4-2-1-3-5-12/h1-9,14H,10H2,(H,17,18). The van der Waals surface area contributed by atoms with Gasteiger partial charge < -0.3 is 5.11 Å². The van der Waals surface area contributed by atoms with Crippen molar-refractivity contribution < 1.29 is 9.90 Å². The van der Waals surface area contributed by atoms with Crippen molar-refractivity contribution >= 4 is 28.6 Å². The van der Waals surface area contributed by atoms with E-state index in [1.54, 1.807) is 0 Å². The summed E-state index contributed by atoms with van der Waals surface area (Å²) >= 11 is 2.24. The lowest BCUT2D eigenvalue weighted by Gasteiger charge is -2.12. The SMILES string of the molecule is O=C(O)C(Cc1ccc(I)cc1)c1ccccc1. The summed E-state index contributed by atoms with van der Waals surface area (Å²) in [7, 11) is 0. The first-order chi connectivity index (χ1) is 8.66. The van der Waals surface area contributed by atoms with Crippen molar-refractivity contribution in [2.24, 2.45) is 0 Å². The number of carbonyl (C=O) groups is 1. The van der Waals surface area contributed by atoms with Crippen molar-refractivity contribution in [2.75, 3.05) is 0 Å². The molecule has 0 aliphatic carbocycles. The number of rotatable bonds is 4. The summed E-state index contributed by atoms with van der Waals surface area (Å²) in [4.78, 5) is 11.4. The molecule has 0 spiro atoms. The Morgan fingerprint density at radius 1 is 1.06 bits per heavy atom. The zero-order valence-corrected chi connectivity index (χ0v) is 11.9. The normalized spacial score (nSPS) is 12.1. The van der Waals surface area contributed by atoms with Crippen molar-refractivity contribution in [2.45, 2.75) is 12.3 Å².